The predicted octanol–water partition coefficient (Wildman–Crippen LogP) is 2.13. The second kappa shape index (κ2) is 4.92. The van der Waals surface area contributed by atoms with Gasteiger partial charge in [-0.25, -0.2) is 14.8 Å². The first kappa shape index (κ1) is 12.6. The third-order valence-corrected chi connectivity index (χ3v) is 3.69. The molecule has 1 N–H and O–H groups in total. The Balaban J connectivity index is 1.94. The first-order valence-corrected chi connectivity index (χ1v) is 6.53. The third kappa shape index (κ3) is 2.11. The van der Waals surface area contributed by atoms with Gasteiger partial charge in [0.1, 0.15) is 11.9 Å². The van der Waals surface area contributed by atoms with E-state index in [4.69, 9.17) is 0 Å². The number of carboxylic acids is 1. The van der Waals surface area contributed by atoms with Crippen LogP contribution < -0.4 is 4.90 Å². The van der Waals surface area contributed by atoms with Gasteiger partial charge in [-0.2, -0.15) is 0 Å². The van der Waals surface area contributed by atoms with Crippen LogP contribution in [0.15, 0.2) is 36.8 Å². The van der Waals surface area contributed by atoms with Crippen molar-refractivity contribution < 1.29 is 9.90 Å². The van der Waals surface area contributed by atoms with Crippen molar-refractivity contribution in [3.8, 4) is 0 Å². The third-order valence-electron chi connectivity index (χ3n) is 3.69. The molecule has 1 aromatic carbocycles. The topological polar surface area (TPSA) is 66.3 Å². The van der Waals surface area contributed by atoms with Crippen molar-refractivity contribution in [1.29, 1.82) is 0 Å². The summed E-state index contributed by atoms with van der Waals surface area (Å²) in [6.45, 7) is 2.63. The van der Waals surface area contributed by atoms with Gasteiger partial charge in [0.25, 0.3) is 0 Å². The highest BCUT2D eigenvalue weighted by Crippen LogP contribution is 2.33. The van der Waals surface area contributed by atoms with E-state index in [1.165, 1.54) is 18.1 Å². The number of hydrogen-bond acceptors (Lipinski definition) is 4. The zero-order valence-corrected chi connectivity index (χ0v) is 11.2. The molecule has 0 saturated carbocycles. The van der Waals surface area contributed by atoms with E-state index in [-0.39, 0.29) is 5.56 Å². The van der Waals surface area contributed by atoms with E-state index in [1.807, 2.05) is 12.1 Å². The molecular weight excluding hydrogens is 254 g/mol. The summed E-state index contributed by atoms with van der Waals surface area (Å²) in [5.41, 5.74) is 3.18. The lowest BCUT2D eigenvalue weighted by Gasteiger charge is -2.24. The fourth-order valence-corrected chi connectivity index (χ4v) is 2.69. The molecule has 0 bridgehead atoms. The molecule has 1 aliphatic rings. The Hall–Kier alpha value is -2.43. The van der Waals surface area contributed by atoms with Crippen LogP contribution in [0.4, 0.5) is 5.69 Å². The highest BCUT2D eigenvalue weighted by Gasteiger charge is 2.27. The predicted molar refractivity (Wildman–Crippen MR) is 74.8 cm³/mol. The van der Waals surface area contributed by atoms with Gasteiger partial charge in [0.15, 0.2) is 0 Å². The van der Waals surface area contributed by atoms with Gasteiger partial charge in [0, 0.05) is 17.9 Å². The van der Waals surface area contributed by atoms with E-state index in [0.29, 0.717) is 18.3 Å². The van der Waals surface area contributed by atoms with Crippen molar-refractivity contribution in [2.75, 3.05) is 4.90 Å². The minimum atomic E-state index is -0.985. The summed E-state index contributed by atoms with van der Waals surface area (Å²) in [4.78, 5) is 21.4. The summed E-state index contributed by atoms with van der Waals surface area (Å²) in [6.07, 6.45) is 3.73. The number of hydrogen-bond donors (Lipinski definition) is 1. The molecule has 1 atom stereocenters. The van der Waals surface area contributed by atoms with Crippen LogP contribution in [0.5, 0.6) is 0 Å². The number of nitrogens with zero attached hydrogens (tertiary/aromatic N) is 3. The fraction of sp³-hybridized carbons (Fsp3) is 0.267. The van der Waals surface area contributed by atoms with Crippen molar-refractivity contribution in [2.24, 2.45) is 0 Å². The molecule has 2 heterocycles. The number of anilines is 1. The van der Waals surface area contributed by atoms with Gasteiger partial charge in [0.05, 0.1) is 12.2 Å². The second-order valence-electron chi connectivity index (χ2n) is 5.00. The summed E-state index contributed by atoms with van der Waals surface area (Å²) in [7, 11) is 0. The number of fused-ring (bicyclic) bond motifs is 1. The number of benzene rings is 1. The molecule has 0 saturated heterocycles. The van der Waals surface area contributed by atoms with Crippen molar-refractivity contribution in [3.63, 3.8) is 0 Å². The fourth-order valence-electron chi connectivity index (χ4n) is 2.69. The Morgan fingerprint density at radius 1 is 1.45 bits per heavy atom. The van der Waals surface area contributed by atoms with Crippen LogP contribution >= 0.6 is 0 Å². The van der Waals surface area contributed by atoms with Gasteiger partial charge in [-0.3, -0.25) is 0 Å². The summed E-state index contributed by atoms with van der Waals surface area (Å²) in [6, 6.07) is 8.55. The maximum Gasteiger partial charge on any atom is 0.339 e. The number of carboxylic acid groups (broad SMARTS) is 1. The van der Waals surface area contributed by atoms with Crippen LogP contribution in [0.25, 0.3) is 0 Å². The summed E-state index contributed by atoms with van der Waals surface area (Å²) < 4.78 is 0. The lowest BCUT2D eigenvalue weighted by molar-refractivity contribution is 0.0694. The van der Waals surface area contributed by atoms with Crippen molar-refractivity contribution in [1.82, 2.24) is 9.97 Å². The molecule has 1 aromatic heterocycles. The van der Waals surface area contributed by atoms with Gasteiger partial charge in [-0.15, -0.1) is 0 Å². The average Bonchev–Trinajstić information content (AvgIpc) is 2.76. The summed E-state index contributed by atoms with van der Waals surface area (Å²) in [5.74, 6) is -0.985. The van der Waals surface area contributed by atoms with Crippen molar-refractivity contribution in [2.45, 2.75) is 25.9 Å². The molecule has 102 valence electrons. The standard InChI is InChI=1S/C15H15N3O2/c1-10-6-11-4-2-3-5-14(11)18(10)8-13-12(15(19)20)7-16-9-17-13/h2-5,7,9-10H,6,8H2,1H3,(H,19,20). The normalized spacial score (nSPS) is 17.1. The smallest absolute Gasteiger partial charge is 0.339 e. The van der Waals surface area contributed by atoms with Gasteiger partial charge in [-0.05, 0) is 25.0 Å². The van der Waals surface area contributed by atoms with Crippen LogP contribution in [0.1, 0.15) is 28.5 Å². The Labute approximate surface area is 116 Å². The van der Waals surface area contributed by atoms with Gasteiger partial charge < -0.3 is 10.0 Å². The van der Waals surface area contributed by atoms with Crippen LogP contribution in [0.3, 0.4) is 0 Å². The Morgan fingerprint density at radius 2 is 2.25 bits per heavy atom. The molecule has 0 spiro atoms. The number of rotatable bonds is 3. The van der Waals surface area contributed by atoms with Crippen LogP contribution in [-0.2, 0) is 13.0 Å². The minimum absolute atomic E-state index is 0.170. The highest BCUT2D eigenvalue weighted by molar-refractivity contribution is 5.88. The van der Waals surface area contributed by atoms with Crippen molar-refractivity contribution >= 4 is 11.7 Å². The van der Waals surface area contributed by atoms with E-state index in [9.17, 15) is 9.90 Å². The maximum atomic E-state index is 11.2. The molecule has 20 heavy (non-hydrogen) atoms. The molecular formula is C15H15N3O2. The van der Waals surface area contributed by atoms with Crippen molar-refractivity contribution in [3.05, 3.63) is 53.6 Å². The molecule has 2 aromatic rings. The van der Waals surface area contributed by atoms with E-state index >= 15 is 0 Å². The lowest BCUT2D eigenvalue weighted by atomic mass is 10.1. The van der Waals surface area contributed by atoms with Crippen LogP contribution in [0.2, 0.25) is 0 Å². The van der Waals surface area contributed by atoms with Gasteiger partial charge in [0.2, 0.25) is 0 Å². The van der Waals surface area contributed by atoms with Gasteiger partial charge in [-0.1, -0.05) is 18.2 Å². The van der Waals surface area contributed by atoms with Crippen LogP contribution in [0, 0.1) is 0 Å². The quantitative estimate of drug-likeness (QED) is 0.924. The van der Waals surface area contributed by atoms with E-state index in [0.717, 1.165) is 12.1 Å². The first-order chi connectivity index (χ1) is 9.66. The van der Waals surface area contributed by atoms with Gasteiger partial charge >= 0.3 is 5.97 Å². The summed E-state index contributed by atoms with van der Waals surface area (Å²) in [5, 5.41) is 9.20. The highest BCUT2D eigenvalue weighted by atomic mass is 16.4. The first-order valence-electron chi connectivity index (χ1n) is 6.53. The second-order valence-corrected chi connectivity index (χ2v) is 5.00. The molecule has 0 amide bonds. The minimum Gasteiger partial charge on any atom is -0.478 e. The zero-order valence-electron chi connectivity index (χ0n) is 11.2. The van der Waals surface area contributed by atoms with E-state index in [1.54, 1.807) is 0 Å². The Bertz CT molecular complexity index is 657. The van der Waals surface area contributed by atoms with E-state index < -0.39 is 5.97 Å². The molecule has 0 radical (unpaired) electrons. The SMILES string of the molecule is CC1Cc2ccccc2N1Cc1ncncc1C(=O)O. The van der Waals surface area contributed by atoms with E-state index in [2.05, 4.69) is 33.9 Å². The largest absolute Gasteiger partial charge is 0.478 e. The number of aromatic carboxylic acids is 1. The number of aromatic nitrogens is 2. The maximum absolute atomic E-state index is 11.2. The molecule has 5 nitrogen and oxygen atoms in total. The average molecular weight is 269 g/mol. The summed E-state index contributed by atoms with van der Waals surface area (Å²) >= 11 is 0. The molecule has 5 heteroatoms. The monoisotopic (exact) mass is 269 g/mol. The Morgan fingerprint density at radius 3 is 3.05 bits per heavy atom. The molecule has 1 aliphatic heterocycles. The molecule has 0 aliphatic carbocycles. The molecule has 0 fully saturated rings. The van der Waals surface area contributed by atoms with Crippen LogP contribution in [-0.4, -0.2) is 27.1 Å². The number of carbonyl (C=O) groups is 1. The molecule has 1 unspecified atom stereocenters. The zero-order chi connectivity index (χ0) is 14.1. The number of para-hydroxylation sites is 1. The lowest BCUT2D eigenvalue weighted by Crippen LogP contribution is -2.30. The molecule has 3 rings (SSSR count). The Kier molecular flexibility index (Phi) is 3.10.